The first-order chi connectivity index (χ1) is 6.20. The molecule has 0 aromatic heterocycles. The first-order valence-electron chi connectivity index (χ1n) is 4.53. The number of esters is 1. The second-order valence-electron chi connectivity index (χ2n) is 2.89. The van der Waals surface area contributed by atoms with E-state index in [1.165, 1.54) is 7.11 Å². The van der Waals surface area contributed by atoms with Crippen LogP contribution < -0.4 is 0 Å². The Bertz CT molecular complexity index is 136. The first kappa shape index (κ1) is 12.4. The molecular formula is C9H18O4. The molecule has 0 saturated heterocycles. The van der Waals surface area contributed by atoms with E-state index in [4.69, 9.17) is 9.84 Å². The fraction of sp³-hybridized carbons (Fsp3) is 0.889. The lowest BCUT2D eigenvalue weighted by Crippen LogP contribution is -2.20. The number of hydrogen-bond donors (Lipinski definition) is 1. The third-order valence-corrected chi connectivity index (χ3v) is 1.52. The minimum absolute atomic E-state index is 0.0115. The predicted octanol–water partition coefficient (Wildman–Crippen LogP) is 0.727. The summed E-state index contributed by atoms with van der Waals surface area (Å²) in [4.78, 5) is 11.0. The van der Waals surface area contributed by atoms with E-state index in [-0.39, 0.29) is 19.0 Å². The van der Waals surface area contributed by atoms with Crippen molar-refractivity contribution in [2.75, 3.05) is 20.3 Å². The highest BCUT2D eigenvalue weighted by molar-refractivity contribution is 5.69. The van der Waals surface area contributed by atoms with Gasteiger partial charge in [0, 0.05) is 7.11 Å². The highest BCUT2D eigenvalue weighted by Gasteiger charge is 2.10. The van der Waals surface area contributed by atoms with Crippen molar-refractivity contribution in [1.29, 1.82) is 0 Å². The number of aliphatic hydroxyl groups excluding tert-OH is 1. The molecule has 0 spiro atoms. The summed E-state index contributed by atoms with van der Waals surface area (Å²) in [7, 11) is 1.48. The molecule has 0 heterocycles. The van der Waals surface area contributed by atoms with Gasteiger partial charge in [-0.15, -0.1) is 0 Å². The highest BCUT2D eigenvalue weighted by Crippen LogP contribution is 1.97. The fourth-order valence-corrected chi connectivity index (χ4v) is 0.833. The predicted molar refractivity (Wildman–Crippen MR) is 48.4 cm³/mol. The average Bonchev–Trinajstić information content (AvgIpc) is 2.05. The number of methoxy groups -OCH3 is 1. The summed E-state index contributed by atoms with van der Waals surface area (Å²) < 4.78 is 9.52. The Morgan fingerprint density at radius 2 is 2.23 bits per heavy atom. The molecule has 0 aliphatic heterocycles. The van der Waals surface area contributed by atoms with E-state index >= 15 is 0 Å². The molecule has 0 bridgehead atoms. The zero-order valence-electron chi connectivity index (χ0n) is 8.28. The second-order valence-corrected chi connectivity index (χ2v) is 2.89. The third-order valence-electron chi connectivity index (χ3n) is 1.52. The maximum atomic E-state index is 11.0. The van der Waals surface area contributed by atoms with Crippen LogP contribution in [-0.2, 0) is 14.3 Å². The lowest BCUT2D eigenvalue weighted by atomic mass is 10.3. The smallest absolute Gasteiger partial charge is 0.308 e. The Hall–Kier alpha value is -0.610. The lowest BCUT2D eigenvalue weighted by molar-refractivity contribution is -0.146. The molecule has 0 rings (SSSR count). The molecule has 1 N–H and O–H groups in total. The molecule has 0 aliphatic rings. The molecule has 0 aromatic carbocycles. The van der Waals surface area contributed by atoms with Crippen molar-refractivity contribution >= 4 is 5.97 Å². The van der Waals surface area contributed by atoms with Gasteiger partial charge in [-0.1, -0.05) is 13.3 Å². The average molecular weight is 190 g/mol. The maximum Gasteiger partial charge on any atom is 0.308 e. The number of carbonyl (C=O) groups excluding carboxylic acids is 1. The van der Waals surface area contributed by atoms with Crippen LogP contribution in [-0.4, -0.2) is 37.5 Å². The van der Waals surface area contributed by atoms with Gasteiger partial charge in [-0.2, -0.15) is 0 Å². The van der Waals surface area contributed by atoms with Crippen molar-refractivity contribution in [1.82, 2.24) is 0 Å². The Morgan fingerprint density at radius 1 is 1.54 bits per heavy atom. The van der Waals surface area contributed by atoms with E-state index < -0.39 is 6.10 Å². The summed E-state index contributed by atoms with van der Waals surface area (Å²) in [5, 5.41) is 9.15. The lowest BCUT2D eigenvalue weighted by Gasteiger charge is -2.08. The topological polar surface area (TPSA) is 55.8 Å². The quantitative estimate of drug-likeness (QED) is 0.475. The van der Waals surface area contributed by atoms with E-state index in [0.717, 1.165) is 12.8 Å². The van der Waals surface area contributed by atoms with Crippen LogP contribution in [0.4, 0.5) is 0 Å². The van der Waals surface area contributed by atoms with Gasteiger partial charge < -0.3 is 14.6 Å². The standard InChI is InChI=1S/C9H18O4/c1-3-4-5-13-9(11)6-8(10)7-12-2/h8,10H,3-7H2,1-2H3. The van der Waals surface area contributed by atoms with Crippen molar-refractivity contribution in [2.24, 2.45) is 0 Å². The van der Waals surface area contributed by atoms with Gasteiger partial charge in [0.25, 0.3) is 0 Å². The highest BCUT2D eigenvalue weighted by atomic mass is 16.5. The molecule has 0 fully saturated rings. The summed E-state index contributed by atoms with van der Waals surface area (Å²) in [5.74, 6) is -0.363. The molecule has 4 nitrogen and oxygen atoms in total. The van der Waals surface area contributed by atoms with Gasteiger partial charge in [0.2, 0.25) is 0 Å². The summed E-state index contributed by atoms with van der Waals surface area (Å²) in [6, 6.07) is 0. The molecule has 4 heteroatoms. The molecular weight excluding hydrogens is 172 g/mol. The Balaban J connectivity index is 3.38. The van der Waals surface area contributed by atoms with Crippen molar-refractivity contribution in [3.63, 3.8) is 0 Å². The fourth-order valence-electron chi connectivity index (χ4n) is 0.833. The van der Waals surface area contributed by atoms with Crippen LogP contribution in [0.25, 0.3) is 0 Å². The number of carbonyl (C=O) groups is 1. The van der Waals surface area contributed by atoms with Gasteiger partial charge in [-0.05, 0) is 6.42 Å². The van der Waals surface area contributed by atoms with E-state index in [1.54, 1.807) is 0 Å². The Kier molecular flexibility index (Phi) is 7.63. The minimum atomic E-state index is -0.751. The summed E-state index contributed by atoms with van der Waals surface area (Å²) in [6.07, 6.45) is 1.12. The van der Waals surface area contributed by atoms with E-state index in [9.17, 15) is 4.79 Å². The van der Waals surface area contributed by atoms with Crippen molar-refractivity contribution in [3.05, 3.63) is 0 Å². The molecule has 0 radical (unpaired) electrons. The summed E-state index contributed by atoms with van der Waals surface area (Å²) >= 11 is 0. The number of aliphatic hydroxyl groups is 1. The van der Waals surface area contributed by atoms with Crippen LogP contribution in [0, 0.1) is 0 Å². The third kappa shape index (κ3) is 7.74. The molecule has 78 valence electrons. The minimum Gasteiger partial charge on any atom is -0.466 e. The normalized spacial score (nSPS) is 12.5. The molecule has 1 atom stereocenters. The molecule has 1 unspecified atom stereocenters. The maximum absolute atomic E-state index is 11.0. The molecule has 0 amide bonds. The van der Waals surface area contributed by atoms with E-state index in [1.807, 2.05) is 6.92 Å². The largest absolute Gasteiger partial charge is 0.466 e. The van der Waals surface area contributed by atoms with Crippen LogP contribution >= 0.6 is 0 Å². The van der Waals surface area contributed by atoms with E-state index in [0.29, 0.717) is 6.61 Å². The van der Waals surface area contributed by atoms with Gasteiger partial charge in [-0.25, -0.2) is 0 Å². The second kappa shape index (κ2) is 8.01. The van der Waals surface area contributed by atoms with Crippen LogP contribution in [0.5, 0.6) is 0 Å². The van der Waals surface area contributed by atoms with Crippen LogP contribution in [0.2, 0.25) is 0 Å². The Labute approximate surface area is 78.8 Å². The van der Waals surface area contributed by atoms with Crippen molar-refractivity contribution < 1.29 is 19.4 Å². The summed E-state index contributed by atoms with van der Waals surface area (Å²) in [5.41, 5.74) is 0. The van der Waals surface area contributed by atoms with Gasteiger partial charge in [0.05, 0.1) is 25.7 Å². The van der Waals surface area contributed by atoms with Gasteiger partial charge in [-0.3, -0.25) is 4.79 Å². The molecule has 13 heavy (non-hydrogen) atoms. The number of rotatable bonds is 7. The Morgan fingerprint density at radius 3 is 2.77 bits per heavy atom. The molecule has 0 aromatic rings. The van der Waals surface area contributed by atoms with Crippen LogP contribution in [0.15, 0.2) is 0 Å². The number of hydrogen-bond acceptors (Lipinski definition) is 4. The monoisotopic (exact) mass is 190 g/mol. The zero-order valence-corrected chi connectivity index (χ0v) is 8.28. The number of ether oxygens (including phenoxy) is 2. The summed E-state index contributed by atoms with van der Waals surface area (Å²) in [6.45, 7) is 2.63. The van der Waals surface area contributed by atoms with E-state index in [2.05, 4.69) is 4.74 Å². The molecule has 0 aliphatic carbocycles. The van der Waals surface area contributed by atoms with Gasteiger partial charge >= 0.3 is 5.97 Å². The molecule has 0 saturated carbocycles. The van der Waals surface area contributed by atoms with Crippen LogP contribution in [0.1, 0.15) is 26.2 Å². The SMILES string of the molecule is CCCCOC(=O)CC(O)COC. The van der Waals surface area contributed by atoms with Crippen LogP contribution in [0.3, 0.4) is 0 Å². The first-order valence-corrected chi connectivity index (χ1v) is 4.53. The van der Waals surface area contributed by atoms with Gasteiger partial charge in [0.1, 0.15) is 0 Å². The van der Waals surface area contributed by atoms with Crippen molar-refractivity contribution in [3.8, 4) is 0 Å². The van der Waals surface area contributed by atoms with Crippen molar-refractivity contribution in [2.45, 2.75) is 32.3 Å². The van der Waals surface area contributed by atoms with Gasteiger partial charge in [0.15, 0.2) is 0 Å². The number of unbranched alkanes of at least 4 members (excludes halogenated alkanes) is 1. The zero-order chi connectivity index (χ0) is 10.1.